The van der Waals surface area contributed by atoms with Crippen LogP contribution in [0.25, 0.3) is 0 Å². The third-order valence-electron chi connectivity index (χ3n) is 3.69. The highest BCUT2D eigenvalue weighted by molar-refractivity contribution is 6.43. The van der Waals surface area contributed by atoms with Crippen LogP contribution in [0.1, 0.15) is 12.8 Å². The zero-order chi connectivity index (χ0) is 15.2. The van der Waals surface area contributed by atoms with Crippen molar-refractivity contribution in [2.24, 2.45) is 5.92 Å². The van der Waals surface area contributed by atoms with Gasteiger partial charge in [0, 0.05) is 6.54 Å². The molecule has 1 aromatic rings. The number of anilines is 1. The molecule has 124 valence electrons. The number of nitrogens with zero attached hydrogens (tertiary/aromatic N) is 1. The predicted molar refractivity (Wildman–Crippen MR) is 95.4 cm³/mol. The molecule has 2 rings (SSSR count). The van der Waals surface area contributed by atoms with Gasteiger partial charge in [0.25, 0.3) is 0 Å². The first kappa shape index (κ1) is 19.5. The van der Waals surface area contributed by atoms with Gasteiger partial charge in [0.05, 0.1) is 22.3 Å². The SMILES string of the molecule is CNCC1CCCN(CC(=O)Nc2cccc(Cl)c2Cl)C1.Cl. The zero-order valence-corrected chi connectivity index (χ0v) is 14.9. The Labute approximate surface area is 147 Å². The van der Waals surface area contributed by atoms with E-state index in [-0.39, 0.29) is 18.3 Å². The van der Waals surface area contributed by atoms with Crippen LogP contribution < -0.4 is 10.6 Å². The number of hydrogen-bond acceptors (Lipinski definition) is 3. The first-order chi connectivity index (χ1) is 10.1. The maximum absolute atomic E-state index is 12.1. The van der Waals surface area contributed by atoms with Gasteiger partial charge >= 0.3 is 0 Å². The third kappa shape index (κ3) is 5.60. The van der Waals surface area contributed by atoms with E-state index >= 15 is 0 Å². The first-order valence-corrected chi connectivity index (χ1v) is 7.96. The fraction of sp³-hybridized carbons (Fsp3) is 0.533. The van der Waals surface area contributed by atoms with Crippen molar-refractivity contribution in [2.75, 3.05) is 38.5 Å². The van der Waals surface area contributed by atoms with E-state index in [9.17, 15) is 4.79 Å². The second-order valence-electron chi connectivity index (χ2n) is 5.45. The van der Waals surface area contributed by atoms with Crippen molar-refractivity contribution >= 4 is 47.2 Å². The van der Waals surface area contributed by atoms with Gasteiger partial charge in [-0.3, -0.25) is 9.69 Å². The number of likely N-dealkylation sites (tertiary alicyclic amines) is 1. The van der Waals surface area contributed by atoms with E-state index in [2.05, 4.69) is 15.5 Å². The molecule has 1 saturated heterocycles. The standard InChI is InChI=1S/C15H21Cl2N3O.ClH/c1-18-8-11-4-3-7-20(9-11)10-14(21)19-13-6-2-5-12(16)15(13)17;/h2,5-6,11,18H,3-4,7-10H2,1H3,(H,19,21);1H. The van der Waals surface area contributed by atoms with E-state index in [0.29, 0.717) is 28.2 Å². The summed E-state index contributed by atoms with van der Waals surface area (Å²) >= 11 is 12.0. The van der Waals surface area contributed by atoms with E-state index in [0.717, 1.165) is 26.1 Å². The molecule has 2 N–H and O–H groups in total. The molecule has 1 heterocycles. The number of hydrogen-bond donors (Lipinski definition) is 2. The maximum atomic E-state index is 12.1. The van der Waals surface area contributed by atoms with Gasteiger partial charge in [-0.25, -0.2) is 0 Å². The Morgan fingerprint density at radius 1 is 1.41 bits per heavy atom. The van der Waals surface area contributed by atoms with Crippen molar-refractivity contribution in [1.29, 1.82) is 0 Å². The molecule has 1 aromatic carbocycles. The molecule has 0 radical (unpaired) electrons. The average molecular weight is 367 g/mol. The lowest BCUT2D eigenvalue weighted by atomic mass is 9.98. The molecular weight excluding hydrogens is 345 g/mol. The highest BCUT2D eigenvalue weighted by Crippen LogP contribution is 2.29. The van der Waals surface area contributed by atoms with Gasteiger partial charge in [-0.05, 0) is 51.0 Å². The minimum atomic E-state index is -0.0516. The van der Waals surface area contributed by atoms with Gasteiger partial charge < -0.3 is 10.6 Å². The van der Waals surface area contributed by atoms with Gasteiger partial charge in [0.1, 0.15) is 0 Å². The highest BCUT2D eigenvalue weighted by Gasteiger charge is 2.21. The maximum Gasteiger partial charge on any atom is 0.238 e. The molecule has 1 aliphatic rings. The molecule has 1 amide bonds. The van der Waals surface area contributed by atoms with Crippen LogP contribution in [0.3, 0.4) is 0 Å². The fourth-order valence-corrected chi connectivity index (χ4v) is 3.09. The summed E-state index contributed by atoms with van der Waals surface area (Å²) in [6, 6.07) is 5.23. The van der Waals surface area contributed by atoms with Crippen LogP contribution in [-0.4, -0.2) is 44.0 Å². The van der Waals surface area contributed by atoms with Gasteiger partial charge in [0.2, 0.25) is 5.91 Å². The number of benzene rings is 1. The summed E-state index contributed by atoms with van der Waals surface area (Å²) in [4.78, 5) is 14.3. The van der Waals surface area contributed by atoms with Crippen molar-refractivity contribution in [3.8, 4) is 0 Å². The molecule has 22 heavy (non-hydrogen) atoms. The largest absolute Gasteiger partial charge is 0.324 e. The minimum absolute atomic E-state index is 0. The van der Waals surface area contributed by atoms with E-state index in [1.165, 1.54) is 6.42 Å². The Morgan fingerprint density at radius 3 is 2.91 bits per heavy atom. The highest BCUT2D eigenvalue weighted by atomic mass is 35.5. The molecule has 0 aliphatic carbocycles. The smallest absolute Gasteiger partial charge is 0.238 e. The Balaban J connectivity index is 0.00000242. The second-order valence-corrected chi connectivity index (χ2v) is 6.24. The molecule has 4 nitrogen and oxygen atoms in total. The summed E-state index contributed by atoms with van der Waals surface area (Å²) in [7, 11) is 1.97. The molecule has 1 fully saturated rings. The molecule has 0 spiro atoms. The van der Waals surface area contributed by atoms with Gasteiger partial charge in [-0.1, -0.05) is 29.3 Å². The molecule has 1 aliphatic heterocycles. The number of carbonyl (C=O) groups excluding carboxylic acids is 1. The molecule has 1 atom stereocenters. The van der Waals surface area contributed by atoms with Crippen molar-refractivity contribution in [3.63, 3.8) is 0 Å². The first-order valence-electron chi connectivity index (χ1n) is 7.21. The number of amides is 1. The lowest BCUT2D eigenvalue weighted by molar-refractivity contribution is -0.117. The van der Waals surface area contributed by atoms with E-state index in [1.807, 2.05) is 7.05 Å². The number of carbonyl (C=O) groups is 1. The van der Waals surface area contributed by atoms with Crippen molar-refractivity contribution in [2.45, 2.75) is 12.8 Å². The summed E-state index contributed by atoms with van der Waals surface area (Å²) in [5, 5.41) is 6.87. The Bertz CT molecular complexity index is 497. The fourth-order valence-electron chi connectivity index (χ4n) is 2.74. The van der Waals surface area contributed by atoms with Crippen molar-refractivity contribution in [1.82, 2.24) is 10.2 Å². The van der Waals surface area contributed by atoms with Crippen molar-refractivity contribution in [3.05, 3.63) is 28.2 Å². The number of piperidine rings is 1. The normalized spacial score (nSPS) is 18.6. The summed E-state index contributed by atoms with van der Waals surface area (Å²) in [6.45, 7) is 3.32. The topological polar surface area (TPSA) is 44.4 Å². The summed E-state index contributed by atoms with van der Waals surface area (Å²) in [5.41, 5.74) is 0.568. The number of halogens is 3. The van der Waals surface area contributed by atoms with Crippen LogP contribution in [0.2, 0.25) is 10.0 Å². The summed E-state index contributed by atoms with van der Waals surface area (Å²) < 4.78 is 0. The monoisotopic (exact) mass is 365 g/mol. The lowest BCUT2D eigenvalue weighted by Crippen LogP contribution is -2.42. The van der Waals surface area contributed by atoms with Gasteiger partial charge in [-0.2, -0.15) is 0 Å². The summed E-state index contributed by atoms with van der Waals surface area (Å²) in [5.74, 6) is 0.565. The van der Waals surface area contributed by atoms with Crippen LogP contribution in [0.4, 0.5) is 5.69 Å². The van der Waals surface area contributed by atoms with Crippen LogP contribution in [0.15, 0.2) is 18.2 Å². The molecule has 7 heteroatoms. The lowest BCUT2D eigenvalue weighted by Gasteiger charge is -2.32. The van der Waals surface area contributed by atoms with Crippen LogP contribution >= 0.6 is 35.6 Å². The van der Waals surface area contributed by atoms with E-state index < -0.39 is 0 Å². The van der Waals surface area contributed by atoms with Crippen LogP contribution in [0.5, 0.6) is 0 Å². The second kappa shape index (κ2) is 9.58. The minimum Gasteiger partial charge on any atom is -0.324 e. The van der Waals surface area contributed by atoms with Crippen LogP contribution in [0, 0.1) is 5.92 Å². The average Bonchev–Trinajstić information content (AvgIpc) is 2.44. The Hall–Kier alpha value is -0.520. The number of nitrogens with one attached hydrogen (secondary N) is 2. The Morgan fingerprint density at radius 2 is 2.18 bits per heavy atom. The van der Waals surface area contributed by atoms with Gasteiger partial charge in [-0.15, -0.1) is 12.4 Å². The molecular formula is C15H22Cl3N3O. The zero-order valence-electron chi connectivity index (χ0n) is 12.6. The summed E-state index contributed by atoms with van der Waals surface area (Å²) in [6.07, 6.45) is 2.36. The molecule has 0 aromatic heterocycles. The predicted octanol–water partition coefficient (Wildman–Crippen LogP) is 3.29. The van der Waals surface area contributed by atoms with Crippen molar-refractivity contribution < 1.29 is 4.79 Å². The number of rotatable bonds is 5. The van der Waals surface area contributed by atoms with E-state index in [1.54, 1.807) is 18.2 Å². The van der Waals surface area contributed by atoms with Gasteiger partial charge in [0.15, 0.2) is 0 Å². The quantitative estimate of drug-likeness (QED) is 0.840. The molecule has 1 unspecified atom stereocenters. The third-order valence-corrected chi connectivity index (χ3v) is 4.51. The van der Waals surface area contributed by atoms with Crippen LogP contribution in [-0.2, 0) is 4.79 Å². The molecule has 0 bridgehead atoms. The Kier molecular flexibility index (Phi) is 8.50. The molecule has 0 saturated carbocycles. The van der Waals surface area contributed by atoms with E-state index in [4.69, 9.17) is 23.2 Å².